The third-order valence-corrected chi connectivity index (χ3v) is 5.09. The van der Waals surface area contributed by atoms with Crippen LogP contribution in [0.3, 0.4) is 0 Å². The van der Waals surface area contributed by atoms with Gasteiger partial charge in [0.05, 0.1) is 12.6 Å². The smallest absolute Gasteiger partial charge is 0.497 e. The van der Waals surface area contributed by atoms with E-state index < -0.39 is 6.36 Å². The predicted octanol–water partition coefficient (Wildman–Crippen LogP) is 6.61. The van der Waals surface area contributed by atoms with Crippen LogP contribution in [0.5, 0.6) is 11.5 Å². The number of thiophene rings is 1. The molecule has 0 aliphatic heterocycles. The van der Waals surface area contributed by atoms with E-state index in [1.54, 1.807) is 30.7 Å². The number of ether oxygens (including phenoxy) is 2. The summed E-state index contributed by atoms with van der Waals surface area (Å²) < 4.78 is 47.2. The lowest BCUT2D eigenvalue weighted by Gasteiger charge is -2.14. The summed E-state index contributed by atoms with van der Waals surface area (Å²) in [7, 11) is 1.58. The molecule has 2 aromatic carbocycles. The number of nitrogens with one attached hydrogen (secondary N) is 1. The first-order chi connectivity index (χ1) is 13.9. The first kappa shape index (κ1) is 19.1. The van der Waals surface area contributed by atoms with Crippen molar-refractivity contribution in [3.05, 3.63) is 66.2 Å². The van der Waals surface area contributed by atoms with E-state index in [9.17, 15) is 13.2 Å². The lowest BCUT2D eigenvalue weighted by molar-refractivity contribution is -0.274. The third-order valence-electron chi connectivity index (χ3n) is 4.17. The average molecular weight is 416 g/mol. The number of rotatable bonds is 5. The zero-order valence-electron chi connectivity index (χ0n) is 15.2. The number of pyridine rings is 1. The average Bonchev–Trinajstić information content (AvgIpc) is 3.22. The van der Waals surface area contributed by atoms with Gasteiger partial charge in [0.2, 0.25) is 0 Å². The Balaban J connectivity index is 1.74. The molecule has 4 aromatic rings. The van der Waals surface area contributed by atoms with Crippen LogP contribution >= 0.6 is 11.3 Å². The van der Waals surface area contributed by atoms with E-state index in [-0.39, 0.29) is 5.75 Å². The lowest BCUT2D eigenvalue weighted by Crippen LogP contribution is -2.17. The van der Waals surface area contributed by atoms with Gasteiger partial charge in [-0.3, -0.25) is 4.98 Å². The molecule has 0 saturated heterocycles. The Kier molecular flexibility index (Phi) is 5.02. The van der Waals surface area contributed by atoms with Crippen LogP contribution in [-0.2, 0) is 0 Å². The van der Waals surface area contributed by atoms with Gasteiger partial charge in [0.1, 0.15) is 11.5 Å². The highest BCUT2D eigenvalue weighted by Crippen LogP contribution is 2.35. The van der Waals surface area contributed by atoms with E-state index in [1.165, 1.54) is 18.2 Å². The molecule has 0 aliphatic carbocycles. The molecule has 29 heavy (non-hydrogen) atoms. The number of methoxy groups -OCH3 is 1. The molecule has 8 heteroatoms. The van der Waals surface area contributed by atoms with Crippen molar-refractivity contribution in [3.8, 4) is 21.9 Å². The molecule has 2 aromatic heterocycles. The number of hydrogen-bond acceptors (Lipinski definition) is 5. The Morgan fingerprint density at radius 3 is 2.59 bits per heavy atom. The van der Waals surface area contributed by atoms with Crippen LogP contribution in [0.4, 0.5) is 24.5 Å². The van der Waals surface area contributed by atoms with Gasteiger partial charge in [-0.15, -0.1) is 24.5 Å². The largest absolute Gasteiger partial charge is 0.573 e. The van der Waals surface area contributed by atoms with Crippen molar-refractivity contribution in [2.45, 2.75) is 6.36 Å². The fourth-order valence-corrected chi connectivity index (χ4v) is 3.68. The van der Waals surface area contributed by atoms with E-state index in [2.05, 4.69) is 15.0 Å². The molecule has 1 N–H and O–H groups in total. The molecule has 4 rings (SSSR count). The van der Waals surface area contributed by atoms with E-state index in [1.807, 2.05) is 35.7 Å². The zero-order chi connectivity index (χ0) is 20.4. The van der Waals surface area contributed by atoms with E-state index in [4.69, 9.17) is 4.74 Å². The van der Waals surface area contributed by atoms with Crippen molar-refractivity contribution in [1.29, 1.82) is 0 Å². The predicted molar refractivity (Wildman–Crippen MR) is 108 cm³/mol. The van der Waals surface area contributed by atoms with Crippen molar-refractivity contribution in [3.63, 3.8) is 0 Å². The number of halogens is 3. The monoisotopic (exact) mass is 416 g/mol. The molecule has 0 atom stereocenters. The maximum absolute atomic E-state index is 12.6. The van der Waals surface area contributed by atoms with Crippen LogP contribution < -0.4 is 14.8 Å². The summed E-state index contributed by atoms with van der Waals surface area (Å²) in [6, 6.07) is 15.4. The molecule has 2 heterocycles. The zero-order valence-corrected chi connectivity index (χ0v) is 16.0. The molecule has 4 nitrogen and oxygen atoms in total. The number of aromatic nitrogens is 1. The molecule has 0 radical (unpaired) electrons. The summed E-state index contributed by atoms with van der Waals surface area (Å²) in [4.78, 5) is 5.29. The topological polar surface area (TPSA) is 43.4 Å². The second kappa shape index (κ2) is 7.63. The molecule has 0 spiro atoms. The lowest BCUT2D eigenvalue weighted by atomic mass is 10.1. The van der Waals surface area contributed by atoms with Gasteiger partial charge in [-0.1, -0.05) is 6.07 Å². The Bertz CT molecular complexity index is 1140. The third kappa shape index (κ3) is 4.43. The van der Waals surface area contributed by atoms with Crippen molar-refractivity contribution in [2.75, 3.05) is 12.4 Å². The highest BCUT2D eigenvalue weighted by Gasteiger charge is 2.31. The van der Waals surface area contributed by atoms with Crippen molar-refractivity contribution in [2.24, 2.45) is 0 Å². The van der Waals surface area contributed by atoms with E-state index in [0.29, 0.717) is 22.3 Å². The quantitative estimate of drug-likeness (QED) is 0.397. The second-order valence-electron chi connectivity index (χ2n) is 6.14. The van der Waals surface area contributed by atoms with Crippen LogP contribution in [-0.4, -0.2) is 18.5 Å². The molecule has 148 valence electrons. The summed E-state index contributed by atoms with van der Waals surface area (Å²) in [5.41, 5.74) is 2.86. The summed E-state index contributed by atoms with van der Waals surface area (Å²) in [5, 5.41) is 5.76. The van der Waals surface area contributed by atoms with Gasteiger partial charge in [-0.2, -0.15) is 0 Å². The van der Waals surface area contributed by atoms with Gasteiger partial charge in [-0.25, -0.2) is 0 Å². The molecule has 0 amide bonds. The van der Waals surface area contributed by atoms with Gasteiger partial charge in [0, 0.05) is 33.9 Å². The summed E-state index contributed by atoms with van der Waals surface area (Å²) in [6.45, 7) is 0. The molecule has 0 fully saturated rings. The van der Waals surface area contributed by atoms with E-state index in [0.717, 1.165) is 16.1 Å². The summed E-state index contributed by atoms with van der Waals surface area (Å²) >= 11 is 1.60. The maximum Gasteiger partial charge on any atom is 0.573 e. The Morgan fingerprint density at radius 2 is 1.86 bits per heavy atom. The Labute approximate surface area is 168 Å². The minimum Gasteiger partial charge on any atom is -0.497 e. The molecule has 0 saturated carbocycles. The number of hydrogen-bond donors (Lipinski definition) is 1. The van der Waals surface area contributed by atoms with Gasteiger partial charge >= 0.3 is 6.36 Å². The number of nitrogens with zero attached hydrogens (tertiary/aromatic N) is 1. The standard InChI is InChI=1S/C21H15F3N2O2S/c1-27-16-10-13(20-3-2-8-29-20)9-14(11-16)26-19-6-7-25-18-5-4-15(12-17(18)19)28-21(22,23)24/h2-12H,1H3,(H,25,26). The number of benzene rings is 2. The highest BCUT2D eigenvalue weighted by atomic mass is 32.1. The second-order valence-corrected chi connectivity index (χ2v) is 7.09. The SMILES string of the molecule is COc1cc(Nc2ccnc3ccc(OC(F)(F)F)cc23)cc(-c2cccs2)c1. The molecule has 0 unspecified atom stereocenters. The maximum atomic E-state index is 12.6. The van der Waals surface area contributed by atoms with Gasteiger partial charge in [0.25, 0.3) is 0 Å². The Hall–Kier alpha value is -3.26. The molecule has 0 aliphatic rings. The molecular weight excluding hydrogens is 401 g/mol. The summed E-state index contributed by atoms with van der Waals surface area (Å²) in [6.07, 6.45) is -3.17. The summed E-state index contributed by atoms with van der Waals surface area (Å²) in [5.74, 6) is 0.365. The van der Waals surface area contributed by atoms with Crippen molar-refractivity contribution >= 4 is 33.6 Å². The van der Waals surface area contributed by atoms with Crippen LogP contribution in [0.1, 0.15) is 0 Å². The normalized spacial score (nSPS) is 11.4. The minimum atomic E-state index is -4.76. The molecular formula is C21H15F3N2O2S. The fourth-order valence-electron chi connectivity index (χ4n) is 2.96. The number of fused-ring (bicyclic) bond motifs is 1. The van der Waals surface area contributed by atoms with Crippen LogP contribution in [0.2, 0.25) is 0 Å². The van der Waals surface area contributed by atoms with Gasteiger partial charge in [0.15, 0.2) is 0 Å². The van der Waals surface area contributed by atoms with Crippen molar-refractivity contribution in [1.82, 2.24) is 4.98 Å². The van der Waals surface area contributed by atoms with E-state index >= 15 is 0 Å². The first-order valence-electron chi connectivity index (χ1n) is 8.56. The minimum absolute atomic E-state index is 0.300. The van der Waals surface area contributed by atoms with Gasteiger partial charge < -0.3 is 14.8 Å². The van der Waals surface area contributed by atoms with Crippen LogP contribution in [0.25, 0.3) is 21.3 Å². The highest BCUT2D eigenvalue weighted by molar-refractivity contribution is 7.13. The van der Waals surface area contributed by atoms with Crippen molar-refractivity contribution < 1.29 is 22.6 Å². The first-order valence-corrected chi connectivity index (χ1v) is 9.44. The fraction of sp³-hybridized carbons (Fsp3) is 0.0952. The van der Waals surface area contributed by atoms with Crippen LogP contribution in [0, 0.1) is 0 Å². The van der Waals surface area contributed by atoms with Gasteiger partial charge in [-0.05, 0) is 53.4 Å². The number of alkyl halides is 3. The van der Waals surface area contributed by atoms with Crippen LogP contribution in [0.15, 0.2) is 66.2 Å². The molecule has 0 bridgehead atoms. The number of anilines is 2. The Morgan fingerprint density at radius 1 is 1.00 bits per heavy atom.